The number of hydrogen-bond donors (Lipinski definition) is 2. The van der Waals surface area contributed by atoms with Gasteiger partial charge in [-0.25, -0.2) is 0 Å². The summed E-state index contributed by atoms with van der Waals surface area (Å²) < 4.78 is 4.97. The first-order chi connectivity index (χ1) is 8.60. The van der Waals surface area contributed by atoms with Crippen molar-refractivity contribution in [3.8, 4) is 0 Å². The van der Waals surface area contributed by atoms with E-state index in [4.69, 9.17) is 10.6 Å². The molecule has 0 saturated heterocycles. The number of aryl methyl sites for hydroxylation is 1. The average Bonchev–Trinajstić information content (AvgIpc) is 2.38. The number of carbonyl (C=O) groups excluding carboxylic acids is 1. The molecule has 0 aliphatic carbocycles. The van der Waals surface area contributed by atoms with Gasteiger partial charge in [0.1, 0.15) is 0 Å². The molecule has 0 fully saturated rings. The van der Waals surface area contributed by atoms with E-state index in [0.717, 1.165) is 17.7 Å². The van der Waals surface area contributed by atoms with E-state index in [0.29, 0.717) is 18.7 Å². The van der Waals surface area contributed by atoms with Gasteiger partial charge in [0.25, 0.3) is 5.91 Å². The predicted molar refractivity (Wildman–Crippen MR) is 72.4 cm³/mol. The van der Waals surface area contributed by atoms with Crippen molar-refractivity contribution in [2.24, 2.45) is 5.84 Å². The molecule has 1 amide bonds. The number of methoxy groups -OCH3 is 1. The third-order valence-corrected chi connectivity index (χ3v) is 2.81. The molecule has 0 aliphatic heterocycles. The van der Waals surface area contributed by atoms with Gasteiger partial charge in [0.2, 0.25) is 0 Å². The second kappa shape index (κ2) is 6.98. The molecule has 0 aliphatic rings. The minimum absolute atomic E-state index is 0.0205. The van der Waals surface area contributed by atoms with Gasteiger partial charge in [-0.05, 0) is 37.1 Å². The molecule has 1 aromatic rings. The molecule has 0 radical (unpaired) electrons. The van der Waals surface area contributed by atoms with Gasteiger partial charge in [0.15, 0.2) is 0 Å². The zero-order chi connectivity index (χ0) is 13.5. The fourth-order valence-corrected chi connectivity index (χ4v) is 1.75. The number of hydrazine groups is 1. The molecule has 0 aromatic heterocycles. The van der Waals surface area contributed by atoms with Crippen LogP contribution in [-0.4, -0.2) is 38.1 Å². The van der Waals surface area contributed by atoms with Gasteiger partial charge in [0, 0.05) is 38.6 Å². The van der Waals surface area contributed by atoms with Crippen LogP contribution in [-0.2, 0) is 4.74 Å². The van der Waals surface area contributed by atoms with Crippen LogP contribution in [0.4, 0.5) is 5.69 Å². The lowest BCUT2D eigenvalue weighted by molar-refractivity contribution is 0.0778. The van der Waals surface area contributed by atoms with Crippen LogP contribution in [0.3, 0.4) is 0 Å². The first kappa shape index (κ1) is 14.5. The molecule has 0 saturated carbocycles. The van der Waals surface area contributed by atoms with Crippen molar-refractivity contribution in [2.75, 3.05) is 32.7 Å². The number of carbonyl (C=O) groups is 1. The first-order valence-corrected chi connectivity index (χ1v) is 5.91. The minimum Gasteiger partial charge on any atom is -0.385 e. The Labute approximate surface area is 108 Å². The highest BCUT2D eigenvalue weighted by molar-refractivity contribution is 5.95. The molecule has 5 nitrogen and oxygen atoms in total. The van der Waals surface area contributed by atoms with Gasteiger partial charge in [-0.3, -0.25) is 10.6 Å². The Balaban J connectivity index is 2.71. The van der Waals surface area contributed by atoms with Crippen LogP contribution in [0.25, 0.3) is 0 Å². The fourth-order valence-electron chi connectivity index (χ4n) is 1.75. The topological polar surface area (TPSA) is 67.6 Å². The van der Waals surface area contributed by atoms with E-state index in [2.05, 4.69) is 5.43 Å². The molecular weight excluding hydrogens is 230 g/mol. The van der Waals surface area contributed by atoms with E-state index in [1.807, 2.05) is 13.0 Å². The minimum atomic E-state index is 0.0205. The van der Waals surface area contributed by atoms with Crippen molar-refractivity contribution in [1.29, 1.82) is 0 Å². The highest BCUT2D eigenvalue weighted by Gasteiger charge is 2.13. The maximum absolute atomic E-state index is 12.2. The lowest BCUT2D eigenvalue weighted by atomic mass is 10.1. The van der Waals surface area contributed by atoms with Gasteiger partial charge >= 0.3 is 0 Å². The number of anilines is 1. The highest BCUT2D eigenvalue weighted by atomic mass is 16.5. The van der Waals surface area contributed by atoms with E-state index in [1.165, 1.54) is 0 Å². The van der Waals surface area contributed by atoms with Crippen LogP contribution in [0.2, 0.25) is 0 Å². The summed E-state index contributed by atoms with van der Waals surface area (Å²) in [6.45, 7) is 3.24. The molecule has 3 N–H and O–H groups in total. The molecule has 100 valence electrons. The molecule has 0 bridgehead atoms. The van der Waals surface area contributed by atoms with E-state index in [1.54, 1.807) is 31.2 Å². The number of nitrogen functional groups attached to an aromatic ring is 1. The van der Waals surface area contributed by atoms with Crippen LogP contribution in [0.1, 0.15) is 22.3 Å². The Kier molecular flexibility index (Phi) is 5.61. The predicted octanol–water partition coefficient (Wildman–Crippen LogP) is 1.39. The number of benzene rings is 1. The standard InChI is InChI=1S/C13H21N3O2/c1-10-9-11(15-14)5-6-12(10)13(17)16(2)7-4-8-18-3/h5-6,9,15H,4,7-8,14H2,1-3H3. The molecular formula is C13H21N3O2. The zero-order valence-corrected chi connectivity index (χ0v) is 11.2. The Bertz CT molecular complexity index is 407. The highest BCUT2D eigenvalue weighted by Crippen LogP contribution is 2.15. The summed E-state index contributed by atoms with van der Waals surface area (Å²) in [5.41, 5.74) is 4.97. The molecule has 0 unspecified atom stereocenters. The molecule has 1 rings (SSSR count). The van der Waals surface area contributed by atoms with Crippen molar-refractivity contribution >= 4 is 11.6 Å². The fraction of sp³-hybridized carbons (Fsp3) is 0.462. The summed E-state index contributed by atoms with van der Waals surface area (Å²) >= 11 is 0. The quantitative estimate of drug-likeness (QED) is 0.455. The van der Waals surface area contributed by atoms with Gasteiger partial charge in [-0.2, -0.15) is 0 Å². The van der Waals surface area contributed by atoms with E-state index < -0.39 is 0 Å². The van der Waals surface area contributed by atoms with Crippen molar-refractivity contribution in [3.63, 3.8) is 0 Å². The van der Waals surface area contributed by atoms with Gasteiger partial charge in [0.05, 0.1) is 0 Å². The van der Waals surface area contributed by atoms with E-state index >= 15 is 0 Å². The number of amides is 1. The third-order valence-electron chi connectivity index (χ3n) is 2.81. The number of rotatable bonds is 6. The van der Waals surface area contributed by atoms with E-state index in [-0.39, 0.29) is 5.91 Å². The Morgan fingerprint density at radius 2 is 2.22 bits per heavy atom. The molecule has 0 spiro atoms. The first-order valence-electron chi connectivity index (χ1n) is 5.91. The van der Waals surface area contributed by atoms with Gasteiger partial charge in [-0.15, -0.1) is 0 Å². The second-order valence-corrected chi connectivity index (χ2v) is 4.25. The molecule has 5 heteroatoms. The van der Waals surface area contributed by atoms with E-state index in [9.17, 15) is 4.79 Å². The van der Waals surface area contributed by atoms with Gasteiger partial charge < -0.3 is 15.1 Å². The summed E-state index contributed by atoms with van der Waals surface area (Å²) in [6.07, 6.45) is 0.834. The van der Waals surface area contributed by atoms with Crippen molar-refractivity contribution in [3.05, 3.63) is 29.3 Å². The van der Waals surface area contributed by atoms with Crippen molar-refractivity contribution in [2.45, 2.75) is 13.3 Å². The number of hydrogen-bond acceptors (Lipinski definition) is 4. The maximum Gasteiger partial charge on any atom is 0.253 e. The zero-order valence-electron chi connectivity index (χ0n) is 11.2. The Hall–Kier alpha value is -1.59. The van der Waals surface area contributed by atoms with Crippen molar-refractivity contribution in [1.82, 2.24) is 4.90 Å². The molecule has 1 aromatic carbocycles. The van der Waals surface area contributed by atoms with Crippen LogP contribution in [0.15, 0.2) is 18.2 Å². The monoisotopic (exact) mass is 251 g/mol. The van der Waals surface area contributed by atoms with Crippen LogP contribution in [0, 0.1) is 6.92 Å². The number of nitrogens with zero attached hydrogens (tertiary/aromatic N) is 1. The maximum atomic E-state index is 12.2. The third kappa shape index (κ3) is 3.72. The normalized spacial score (nSPS) is 10.2. The summed E-state index contributed by atoms with van der Waals surface area (Å²) in [7, 11) is 3.46. The smallest absolute Gasteiger partial charge is 0.253 e. The average molecular weight is 251 g/mol. The number of nitrogens with one attached hydrogen (secondary N) is 1. The van der Waals surface area contributed by atoms with Crippen LogP contribution < -0.4 is 11.3 Å². The molecule has 0 heterocycles. The summed E-state index contributed by atoms with van der Waals surface area (Å²) in [4.78, 5) is 13.9. The molecule has 18 heavy (non-hydrogen) atoms. The van der Waals surface area contributed by atoms with Crippen LogP contribution in [0.5, 0.6) is 0 Å². The summed E-state index contributed by atoms with van der Waals surface area (Å²) in [5, 5.41) is 0. The van der Waals surface area contributed by atoms with Gasteiger partial charge in [-0.1, -0.05) is 0 Å². The largest absolute Gasteiger partial charge is 0.385 e. The SMILES string of the molecule is COCCCN(C)C(=O)c1ccc(NN)cc1C. The van der Waals surface area contributed by atoms with Crippen molar-refractivity contribution < 1.29 is 9.53 Å². The number of nitrogens with two attached hydrogens (primary N) is 1. The lowest BCUT2D eigenvalue weighted by Gasteiger charge is -2.18. The Morgan fingerprint density at radius 1 is 1.50 bits per heavy atom. The lowest BCUT2D eigenvalue weighted by Crippen LogP contribution is -2.29. The summed E-state index contributed by atoms with van der Waals surface area (Å²) in [5.74, 6) is 5.35. The summed E-state index contributed by atoms with van der Waals surface area (Å²) in [6, 6.07) is 5.44. The van der Waals surface area contributed by atoms with Crippen LogP contribution >= 0.6 is 0 Å². The molecule has 0 atom stereocenters. The number of ether oxygens (including phenoxy) is 1. The second-order valence-electron chi connectivity index (χ2n) is 4.25. The Morgan fingerprint density at radius 3 is 2.78 bits per heavy atom.